The zero-order valence-corrected chi connectivity index (χ0v) is 16.8. The van der Waals surface area contributed by atoms with Crippen LogP contribution in [0.15, 0.2) is 54.6 Å². The summed E-state index contributed by atoms with van der Waals surface area (Å²) in [6, 6.07) is 13.6. The third-order valence-electron chi connectivity index (χ3n) is 4.99. The number of fused-ring (bicyclic) bond motifs is 3. The first-order chi connectivity index (χ1) is 15.0. The number of carboxylic acid groups (broad SMARTS) is 2. The van der Waals surface area contributed by atoms with E-state index < -0.39 is 11.9 Å². The highest BCUT2D eigenvalue weighted by atomic mass is 16.5. The SMILES string of the molecule is C(#Cc1ccc(OC2CN3CCC2CC3)nn1)c1ccccc1.O=C(O)/C=C/C(=O)O. The number of aliphatic carboxylic acids is 2. The third kappa shape index (κ3) is 7.24. The lowest BCUT2D eigenvalue weighted by atomic mass is 9.86. The fraction of sp³-hybridized carbons (Fsp3) is 0.304. The van der Waals surface area contributed by atoms with E-state index in [4.69, 9.17) is 14.9 Å². The second-order valence-corrected chi connectivity index (χ2v) is 7.18. The number of ether oxygens (including phenoxy) is 1. The summed E-state index contributed by atoms with van der Waals surface area (Å²) in [6.45, 7) is 3.44. The van der Waals surface area contributed by atoms with Gasteiger partial charge in [-0.2, -0.15) is 0 Å². The van der Waals surface area contributed by atoms with Gasteiger partial charge in [0.15, 0.2) is 0 Å². The topological polar surface area (TPSA) is 113 Å². The molecule has 5 rings (SSSR count). The maximum absolute atomic E-state index is 9.55. The number of hydrogen-bond donors (Lipinski definition) is 2. The molecule has 1 unspecified atom stereocenters. The molecule has 0 radical (unpaired) electrons. The second kappa shape index (κ2) is 10.9. The molecule has 3 fully saturated rings. The third-order valence-corrected chi connectivity index (χ3v) is 4.99. The molecule has 2 N–H and O–H groups in total. The summed E-state index contributed by atoms with van der Waals surface area (Å²) in [7, 11) is 0. The fourth-order valence-electron chi connectivity index (χ4n) is 3.45. The minimum Gasteiger partial charge on any atom is -0.478 e. The van der Waals surface area contributed by atoms with Gasteiger partial charge in [-0.3, -0.25) is 4.90 Å². The number of piperidine rings is 3. The van der Waals surface area contributed by atoms with Crippen molar-refractivity contribution in [1.29, 1.82) is 0 Å². The standard InChI is InChI=1S/C19H19N3O.C4H4O4/c1-2-4-15(5-3-1)6-7-17-8-9-19(21-20-17)23-18-14-22-12-10-16(18)11-13-22;5-3(6)1-2-4(7)8/h1-5,8-9,16,18H,10-14H2;1-2H,(H,5,6)(H,7,8)/b;2-1+. The van der Waals surface area contributed by atoms with E-state index in [1.54, 1.807) is 0 Å². The molecule has 8 nitrogen and oxygen atoms in total. The summed E-state index contributed by atoms with van der Waals surface area (Å²) in [5.74, 6) is 4.87. The van der Waals surface area contributed by atoms with Crippen molar-refractivity contribution in [3.63, 3.8) is 0 Å². The van der Waals surface area contributed by atoms with Crippen molar-refractivity contribution >= 4 is 11.9 Å². The molecular weight excluding hydrogens is 398 g/mol. The van der Waals surface area contributed by atoms with Crippen LogP contribution >= 0.6 is 0 Å². The first kappa shape index (κ1) is 22.0. The minimum atomic E-state index is -1.26. The van der Waals surface area contributed by atoms with Crippen molar-refractivity contribution in [3.8, 4) is 17.7 Å². The highest BCUT2D eigenvalue weighted by Gasteiger charge is 2.35. The van der Waals surface area contributed by atoms with Crippen LogP contribution in [-0.2, 0) is 9.59 Å². The molecule has 3 saturated heterocycles. The van der Waals surface area contributed by atoms with Gasteiger partial charge in [-0.1, -0.05) is 24.1 Å². The lowest BCUT2D eigenvalue weighted by Crippen LogP contribution is -2.52. The number of rotatable bonds is 4. The molecule has 1 aromatic heterocycles. The second-order valence-electron chi connectivity index (χ2n) is 7.18. The number of benzene rings is 1. The maximum atomic E-state index is 9.55. The van der Waals surface area contributed by atoms with E-state index in [1.165, 1.54) is 25.9 Å². The van der Waals surface area contributed by atoms with Crippen LogP contribution in [0.1, 0.15) is 24.1 Å². The Bertz CT molecular complexity index is 956. The first-order valence-corrected chi connectivity index (χ1v) is 9.93. The minimum absolute atomic E-state index is 0.257. The van der Waals surface area contributed by atoms with Crippen LogP contribution in [0.3, 0.4) is 0 Å². The molecule has 3 aliphatic rings. The number of carboxylic acids is 2. The molecule has 0 saturated carbocycles. The Morgan fingerprint density at radius 2 is 1.65 bits per heavy atom. The molecule has 2 bridgehead atoms. The molecule has 0 amide bonds. The molecule has 8 heteroatoms. The van der Waals surface area contributed by atoms with Gasteiger partial charge in [0.1, 0.15) is 11.8 Å². The van der Waals surface area contributed by atoms with Crippen LogP contribution in [0.4, 0.5) is 0 Å². The van der Waals surface area contributed by atoms with Crippen molar-refractivity contribution < 1.29 is 24.5 Å². The molecule has 4 heterocycles. The molecule has 160 valence electrons. The van der Waals surface area contributed by atoms with Crippen molar-refractivity contribution in [2.24, 2.45) is 5.92 Å². The normalized spacial score (nSPS) is 21.4. The summed E-state index contributed by atoms with van der Waals surface area (Å²) in [6.07, 6.45) is 3.84. The average molecular weight is 421 g/mol. The summed E-state index contributed by atoms with van der Waals surface area (Å²) in [4.78, 5) is 21.6. The van der Waals surface area contributed by atoms with Gasteiger partial charge in [-0.25, -0.2) is 9.59 Å². The monoisotopic (exact) mass is 421 g/mol. The first-order valence-electron chi connectivity index (χ1n) is 9.93. The van der Waals surface area contributed by atoms with Gasteiger partial charge in [0.25, 0.3) is 0 Å². The molecule has 0 aliphatic carbocycles. The molecule has 0 spiro atoms. The zero-order valence-electron chi connectivity index (χ0n) is 16.8. The highest BCUT2D eigenvalue weighted by molar-refractivity contribution is 5.89. The maximum Gasteiger partial charge on any atom is 0.328 e. The van der Waals surface area contributed by atoms with Crippen molar-refractivity contribution in [1.82, 2.24) is 15.1 Å². The summed E-state index contributed by atoms with van der Waals surface area (Å²) in [5, 5.41) is 24.0. The predicted octanol–water partition coefficient (Wildman–Crippen LogP) is 2.06. The van der Waals surface area contributed by atoms with Crippen LogP contribution < -0.4 is 4.74 Å². The van der Waals surface area contributed by atoms with E-state index in [0.717, 1.165) is 12.1 Å². The summed E-state index contributed by atoms with van der Waals surface area (Å²) < 4.78 is 6.04. The molecule has 1 aromatic carbocycles. The fourth-order valence-corrected chi connectivity index (χ4v) is 3.45. The molecule has 2 aromatic rings. The molecular formula is C23H23N3O5. The van der Waals surface area contributed by atoms with Crippen LogP contribution in [0.2, 0.25) is 0 Å². The number of carbonyl (C=O) groups is 2. The van der Waals surface area contributed by atoms with Crippen molar-refractivity contribution in [3.05, 3.63) is 65.9 Å². The number of aromatic nitrogens is 2. The van der Waals surface area contributed by atoms with E-state index in [2.05, 4.69) is 26.9 Å². The van der Waals surface area contributed by atoms with Gasteiger partial charge >= 0.3 is 11.9 Å². The Morgan fingerprint density at radius 3 is 2.16 bits per heavy atom. The van der Waals surface area contributed by atoms with Gasteiger partial charge in [0.2, 0.25) is 5.88 Å². The van der Waals surface area contributed by atoms with Crippen LogP contribution in [0.5, 0.6) is 5.88 Å². The van der Waals surface area contributed by atoms with Crippen LogP contribution in [0.25, 0.3) is 0 Å². The number of hydrogen-bond acceptors (Lipinski definition) is 6. The smallest absolute Gasteiger partial charge is 0.328 e. The summed E-state index contributed by atoms with van der Waals surface area (Å²) >= 11 is 0. The highest BCUT2D eigenvalue weighted by Crippen LogP contribution is 2.29. The lowest BCUT2D eigenvalue weighted by Gasteiger charge is -2.44. The number of nitrogens with zero attached hydrogens (tertiary/aromatic N) is 3. The van der Waals surface area contributed by atoms with Gasteiger partial charge in [0.05, 0.1) is 0 Å². The Labute approximate surface area is 180 Å². The quantitative estimate of drug-likeness (QED) is 0.570. The van der Waals surface area contributed by atoms with E-state index in [1.807, 2.05) is 42.5 Å². The molecule has 31 heavy (non-hydrogen) atoms. The van der Waals surface area contributed by atoms with Crippen LogP contribution in [-0.4, -0.2) is 63.0 Å². The van der Waals surface area contributed by atoms with Crippen molar-refractivity contribution in [2.45, 2.75) is 18.9 Å². The van der Waals surface area contributed by atoms with E-state index in [-0.39, 0.29) is 6.10 Å². The molecule has 1 atom stereocenters. The Morgan fingerprint density at radius 1 is 0.968 bits per heavy atom. The Hall–Kier alpha value is -3.70. The van der Waals surface area contributed by atoms with Crippen LogP contribution in [0, 0.1) is 17.8 Å². The lowest BCUT2D eigenvalue weighted by molar-refractivity contribution is -0.134. The summed E-state index contributed by atoms with van der Waals surface area (Å²) in [5.41, 5.74) is 1.64. The van der Waals surface area contributed by atoms with Gasteiger partial charge in [0, 0.05) is 30.3 Å². The average Bonchev–Trinajstić information content (AvgIpc) is 2.79. The predicted molar refractivity (Wildman–Crippen MR) is 112 cm³/mol. The van der Waals surface area contributed by atoms with Gasteiger partial charge in [-0.05, 0) is 56.0 Å². The molecule has 3 aliphatic heterocycles. The van der Waals surface area contributed by atoms with Gasteiger partial charge in [-0.15, -0.1) is 10.2 Å². The zero-order chi connectivity index (χ0) is 22.1. The van der Waals surface area contributed by atoms with Gasteiger partial charge < -0.3 is 14.9 Å². The Balaban J connectivity index is 0.000000293. The van der Waals surface area contributed by atoms with E-state index in [0.29, 0.717) is 29.6 Å². The van der Waals surface area contributed by atoms with E-state index >= 15 is 0 Å². The van der Waals surface area contributed by atoms with E-state index in [9.17, 15) is 9.59 Å². The Kier molecular flexibility index (Phi) is 7.73. The largest absolute Gasteiger partial charge is 0.478 e. The van der Waals surface area contributed by atoms with Crippen molar-refractivity contribution in [2.75, 3.05) is 19.6 Å².